The molecule has 1 fully saturated rings. The SMILES string of the molecule is Cc1cc2c(cc1S(=O)(=O)NC(CN)C1CCCC1)OCO2. The molecule has 0 amide bonds. The van der Waals surface area contributed by atoms with Gasteiger partial charge in [-0.1, -0.05) is 12.8 Å². The van der Waals surface area contributed by atoms with Gasteiger partial charge >= 0.3 is 0 Å². The normalized spacial score (nSPS) is 19.5. The Labute approximate surface area is 131 Å². The maximum atomic E-state index is 12.7. The summed E-state index contributed by atoms with van der Waals surface area (Å²) in [6.45, 7) is 2.19. The lowest BCUT2D eigenvalue weighted by Gasteiger charge is -2.23. The van der Waals surface area contributed by atoms with Crippen molar-refractivity contribution in [2.45, 2.75) is 43.5 Å². The van der Waals surface area contributed by atoms with E-state index in [-0.39, 0.29) is 17.7 Å². The van der Waals surface area contributed by atoms with Gasteiger partial charge < -0.3 is 15.2 Å². The van der Waals surface area contributed by atoms with Crippen LogP contribution < -0.4 is 19.9 Å². The van der Waals surface area contributed by atoms with Gasteiger partial charge in [-0.15, -0.1) is 0 Å². The molecule has 1 aromatic carbocycles. The Kier molecular flexibility index (Phi) is 4.29. The monoisotopic (exact) mass is 326 g/mol. The molecule has 7 heteroatoms. The van der Waals surface area contributed by atoms with E-state index in [1.807, 2.05) is 0 Å². The highest BCUT2D eigenvalue weighted by Gasteiger charge is 2.30. The number of aryl methyl sites for hydroxylation is 1. The highest BCUT2D eigenvalue weighted by Crippen LogP contribution is 2.36. The van der Waals surface area contributed by atoms with Gasteiger partial charge in [-0.05, 0) is 37.3 Å². The number of hydrogen-bond donors (Lipinski definition) is 2. The molecular formula is C15H22N2O4S. The van der Waals surface area contributed by atoms with Gasteiger partial charge in [0.2, 0.25) is 16.8 Å². The molecule has 0 bridgehead atoms. The van der Waals surface area contributed by atoms with Crippen molar-refractivity contribution in [1.82, 2.24) is 4.72 Å². The van der Waals surface area contributed by atoms with E-state index in [0.29, 0.717) is 29.5 Å². The van der Waals surface area contributed by atoms with Crippen LogP contribution in [0.2, 0.25) is 0 Å². The molecule has 1 aromatic rings. The molecular weight excluding hydrogens is 304 g/mol. The van der Waals surface area contributed by atoms with Crippen molar-refractivity contribution in [3.63, 3.8) is 0 Å². The number of ether oxygens (including phenoxy) is 2. The van der Waals surface area contributed by atoms with Crippen molar-refractivity contribution >= 4 is 10.0 Å². The van der Waals surface area contributed by atoms with Crippen LogP contribution in [0.4, 0.5) is 0 Å². The topological polar surface area (TPSA) is 90.7 Å². The standard InChI is InChI=1S/C15H22N2O4S/c1-10-6-13-14(21-9-20-13)7-15(10)22(18,19)17-12(8-16)11-4-2-3-5-11/h6-7,11-12,17H,2-5,8-9,16H2,1H3. The molecule has 3 N–H and O–H groups in total. The van der Waals surface area contributed by atoms with Crippen LogP contribution in [-0.2, 0) is 10.0 Å². The van der Waals surface area contributed by atoms with E-state index in [1.165, 1.54) is 6.07 Å². The van der Waals surface area contributed by atoms with Crippen LogP contribution in [-0.4, -0.2) is 27.8 Å². The number of nitrogens with two attached hydrogens (primary N) is 1. The van der Waals surface area contributed by atoms with Crippen molar-refractivity contribution in [3.05, 3.63) is 17.7 Å². The number of sulfonamides is 1. The van der Waals surface area contributed by atoms with Gasteiger partial charge in [-0.2, -0.15) is 0 Å². The second kappa shape index (κ2) is 6.06. The number of fused-ring (bicyclic) bond motifs is 1. The number of nitrogens with one attached hydrogen (secondary N) is 1. The molecule has 0 spiro atoms. The zero-order chi connectivity index (χ0) is 15.7. The fraction of sp³-hybridized carbons (Fsp3) is 0.600. The first kappa shape index (κ1) is 15.6. The predicted molar refractivity (Wildman–Crippen MR) is 82.4 cm³/mol. The minimum Gasteiger partial charge on any atom is -0.454 e. The second-order valence-corrected chi connectivity index (χ2v) is 7.66. The Morgan fingerprint density at radius 1 is 1.27 bits per heavy atom. The smallest absolute Gasteiger partial charge is 0.241 e. The Balaban J connectivity index is 1.86. The first-order valence-electron chi connectivity index (χ1n) is 7.64. The molecule has 2 aliphatic rings. The second-order valence-electron chi connectivity index (χ2n) is 5.98. The molecule has 1 unspecified atom stereocenters. The average molecular weight is 326 g/mol. The Bertz CT molecular complexity index is 654. The van der Waals surface area contributed by atoms with E-state index in [0.717, 1.165) is 25.7 Å². The molecule has 22 heavy (non-hydrogen) atoms. The van der Waals surface area contributed by atoms with Crippen LogP contribution in [0.3, 0.4) is 0 Å². The van der Waals surface area contributed by atoms with Gasteiger partial charge in [0.15, 0.2) is 11.5 Å². The minimum absolute atomic E-state index is 0.124. The number of benzene rings is 1. The third-order valence-corrected chi connectivity index (χ3v) is 6.12. The van der Waals surface area contributed by atoms with E-state index in [9.17, 15) is 8.42 Å². The average Bonchev–Trinajstić information content (AvgIpc) is 3.14. The van der Waals surface area contributed by atoms with Crippen molar-refractivity contribution < 1.29 is 17.9 Å². The Hall–Kier alpha value is -1.31. The summed E-state index contributed by atoms with van der Waals surface area (Å²) in [7, 11) is -3.63. The highest BCUT2D eigenvalue weighted by molar-refractivity contribution is 7.89. The zero-order valence-corrected chi connectivity index (χ0v) is 13.5. The molecule has 122 valence electrons. The number of rotatable bonds is 5. The molecule has 6 nitrogen and oxygen atoms in total. The van der Waals surface area contributed by atoms with Crippen LogP contribution in [0.15, 0.2) is 17.0 Å². The Morgan fingerprint density at radius 2 is 1.91 bits per heavy atom. The summed E-state index contributed by atoms with van der Waals surface area (Å²) in [5, 5.41) is 0. The molecule has 1 aliphatic carbocycles. The largest absolute Gasteiger partial charge is 0.454 e. The van der Waals surface area contributed by atoms with Gasteiger partial charge in [0.05, 0.1) is 4.90 Å². The third kappa shape index (κ3) is 2.93. The zero-order valence-electron chi connectivity index (χ0n) is 12.7. The maximum Gasteiger partial charge on any atom is 0.241 e. The maximum absolute atomic E-state index is 12.7. The van der Waals surface area contributed by atoms with Gasteiger partial charge in [-0.25, -0.2) is 13.1 Å². The molecule has 3 rings (SSSR count). The van der Waals surface area contributed by atoms with Crippen LogP contribution in [0, 0.1) is 12.8 Å². The molecule has 1 heterocycles. The Morgan fingerprint density at radius 3 is 2.55 bits per heavy atom. The highest BCUT2D eigenvalue weighted by atomic mass is 32.2. The summed E-state index contributed by atoms with van der Waals surface area (Å²) >= 11 is 0. The van der Waals surface area contributed by atoms with Crippen molar-refractivity contribution in [1.29, 1.82) is 0 Å². The molecule has 1 aliphatic heterocycles. The predicted octanol–water partition coefficient (Wildman–Crippen LogP) is 1.52. The number of hydrogen-bond acceptors (Lipinski definition) is 5. The van der Waals surface area contributed by atoms with Crippen LogP contribution in [0.5, 0.6) is 11.5 Å². The summed E-state index contributed by atoms with van der Waals surface area (Å²) in [4.78, 5) is 0.230. The van der Waals surface area contributed by atoms with E-state index in [2.05, 4.69) is 4.72 Å². The summed E-state index contributed by atoms with van der Waals surface area (Å²) in [5.74, 6) is 1.38. The van der Waals surface area contributed by atoms with E-state index in [4.69, 9.17) is 15.2 Å². The first-order chi connectivity index (χ1) is 10.5. The van der Waals surface area contributed by atoms with Crippen LogP contribution >= 0.6 is 0 Å². The molecule has 1 atom stereocenters. The van der Waals surface area contributed by atoms with E-state index in [1.54, 1.807) is 13.0 Å². The lowest BCUT2D eigenvalue weighted by Crippen LogP contribution is -2.44. The summed E-state index contributed by atoms with van der Waals surface area (Å²) in [6, 6.07) is 3.02. The van der Waals surface area contributed by atoms with Gasteiger partial charge in [0, 0.05) is 18.7 Å². The van der Waals surface area contributed by atoms with Crippen molar-refractivity contribution in [3.8, 4) is 11.5 Å². The fourth-order valence-corrected chi connectivity index (χ4v) is 4.83. The fourth-order valence-electron chi connectivity index (χ4n) is 3.27. The lowest BCUT2D eigenvalue weighted by atomic mass is 9.99. The van der Waals surface area contributed by atoms with Crippen LogP contribution in [0.1, 0.15) is 31.2 Å². The summed E-state index contributed by atoms with van der Waals surface area (Å²) in [5.41, 5.74) is 6.43. The van der Waals surface area contributed by atoms with Gasteiger partial charge in [0.25, 0.3) is 0 Å². The molecule has 0 saturated heterocycles. The third-order valence-electron chi connectivity index (χ3n) is 4.49. The molecule has 0 radical (unpaired) electrons. The molecule has 0 aromatic heterocycles. The van der Waals surface area contributed by atoms with Crippen LogP contribution in [0.25, 0.3) is 0 Å². The lowest BCUT2D eigenvalue weighted by molar-refractivity contribution is 0.174. The van der Waals surface area contributed by atoms with Crippen molar-refractivity contribution in [2.24, 2.45) is 11.7 Å². The van der Waals surface area contributed by atoms with E-state index < -0.39 is 10.0 Å². The first-order valence-corrected chi connectivity index (χ1v) is 9.12. The van der Waals surface area contributed by atoms with Crippen molar-refractivity contribution in [2.75, 3.05) is 13.3 Å². The van der Waals surface area contributed by atoms with Gasteiger partial charge in [-0.3, -0.25) is 0 Å². The summed E-state index contributed by atoms with van der Waals surface area (Å²) in [6.07, 6.45) is 4.35. The molecule has 1 saturated carbocycles. The van der Waals surface area contributed by atoms with Gasteiger partial charge in [0.1, 0.15) is 0 Å². The summed E-state index contributed by atoms with van der Waals surface area (Å²) < 4.78 is 38.8. The van der Waals surface area contributed by atoms with E-state index >= 15 is 0 Å². The quantitative estimate of drug-likeness (QED) is 0.856. The minimum atomic E-state index is -3.63.